The first-order valence-electron chi connectivity index (χ1n) is 5.17. The average molecular weight is 193 g/mol. The van der Waals surface area contributed by atoms with Gasteiger partial charge in [0.2, 0.25) is 0 Å². The second kappa shape index (κ2) is 3.90. The number of nitrogens with zero attached hydrogens (tertiary/aromatic N) is 3. The van der Waals surface area contributed by atoms with Gasteiger partial charge >= 0.3 is 0 Å². The molecule has 0 amide bonds. The van der Waals surface area contributed by atoms with Gasteiger partial charge in [0.25, 0.3) is 0 Å². The van der Waals surface area contributed by atoms with Crippen LogP contribution < -0.4 is 0 Å². The van der Waals surface area contributed by atoms with Crippen molar-refractivity contribution in [3.63, 3.8) is 0 Å². The minimum Gasteiger partial charge on any atom is -0.296 e. The van der Waals surface area contributed by atoms with E-state index in [1.807, 2.05) is 7.05 Å². The van der Waals surface area contributed by atoms with Crippen molar-refractivity contribution in [1.82, 2.24) is 15.0 Å². The van der Waals surface area contributed by atoms with Gasteiger partial charge in [0, 0.05) is 13.0 Å². The molecule has 0 spiro atoms. The standard InChI is InChI=1S/C10H15N3O/c1-13-10(9(7-14)11-12-13)8-5-3-2-4-6-8/h7-8H,2-6H2,1H3. The molecule has 4 heteroatoms. The lowest BCUT2D eigenvalue weighted by molar-refractivity contribution is 0.111. The Morgan fingerprint density at radius 3 is 2.71 bits per heavy atom. The first kappa shape index (κ1) is 9.37. The highest BCUT2D eigenvalue weighted by Crippen LogP contribution is 2.32. The molecule has 0 unspecified atom stereocenters. The minimum atomic E-state index is 0.490. The largest absolute Gasteiger partial charge is 0.296 e. The van der Waals surface area contributed by atoms with Gasteiger partial charge in [-0.3, -0.25) is 9.48 Å². The lowest BCUT2D eigenvalue weighted by Gasteiger charge is -2.21. The molecule has 0 bridgehead atoms. The van der Waals surface area contributed by atoms with Gasteiger partial charge < -0.3 is 0 Å². The van der Waals surface area contributed by atoms with Crippen molar-refractivity contribution in [1.29, 1.82) is 0 Å². The Bertz CT molecular complexity index is 326. The molecular formula is C10H15N3O. The van der Waals surface area contributed by atoms with E-state index in [2.05, 4.69) is 10.3 Å². The molecule has 1 fully saturated rings. The summed E-state index contributed by atoms with van der Waals surface area (Å²) in [6.45, 7) is 0. The molecule has 1 aromatic rings. The normalized spacial score (nSPS) is 18.4. The van der Waals surface area contributed by atoms with Gasteiger partial charge in [0.1, 0.15) is 5.69 Å². The van der Waals surface area contributed by atoms with Crippen LogP contribution in [0.5, 0.6) is 0 Å². The predicted molar refractivity (Wildman–Crippen MR) is 52.2 cm³/mol. The Hall–Kier alpha value is -1.19. The number of hydrogen-bond donors (Lipinski definition) is 0. The van der Waals surface area contributed by atoms with Crippen LogP contribution >= 0.6 is 0 Å². The molecule has 0 aromatic carbocycles. The maximum atomic E-state index is 10.8. The van der Waals surface area contributed by atoms with E-state index in [-0.39, 0.29) is 0 Å². The molecule has 0 aliphatic heterocycles. The molecule has 0 radical (unpaired) electrons. The summed E-state index contributed by atoms with van der Waals surface area (Å²) in [5.74, 6) is 0.490. The van der Waals surface area contributed by atoms with Gasteiger partial charge in [-0.25, -0.2) is 0 Å². The van der Waals surface area contributed by atoms with Crippen LogP contribution in [0, 0.1) is 0 Å². The fourth-order valence-corrected chi connectivity index (χ4v) is 2.31. The zero-order chi connectivity index (χ0) is 9.97. The molecule has 1 aromatic heterocycles. The molecule has 0 atom stereocenters. The molecule has 1 heterocycles. The number of carbonyl (C=O) groups is 1. The van der Waals surface area contributed by atoms with E-state index in [0.29, 0.717) is 11.6 Å². The molecule has 4 nitrogen and oxygen atoms in total. The molecule has 14 heavy (non-hydrogen) atoms. The van der Waals surface area contributed by atoms with E-state index in [0.717, 1.165) is 12.0 Å². The number of carbonyl (C=O) groups excluding carboxylic acids is 1. The molecule has 0 N–H and O–H groups in total. The van der Waals surface area contributed by atoms with Crippen molar-refractivity contribution in [3.8, 4) is 0 Å². The van der Waals surface area contributed by atoms with Crippen molar-refractivity contribution >= 4 is 6.29 Å². The lowest BCUT2D eigenvalue weighted by Crippen LogP contribution is -2.11. The Labute approximate surface area is 83.3 Å². The van der Waals surface area contributed by atoms with E-state index in [4.69, 9.17) is 0 Å². The molecule has 1 aliphatic carbocycles. The Morgan fingerprint density at radius 2 is 2.07 bits per heavy atom. The van der Waals surface area contributed by atoms with E-state index in [1.165, 1.54) is 32.1 Å². The number of hydrogen-bond acceptors (Lipinski definition) is 3. The molecule has 0 saturated heterocycles. The van der Waals surface area contributed by atoms with Crippen LogP contribution in [0.4, 0.5) is 0 Å². The number of aryl methyl sites for hydroxylation is 1. The summed E-state index contributed by atoms with van der Waals surface area (Å²) >= 11 is 0. The minimum absolute atomic E-state index is 0.490. The molecule has 76 valence electrons. The first-order chi connectivity index (χ1) is 6.83. The van der Waals surface area contributed by atoms with E-state index in [1.54, 1.807) is 4.68 Å². The SMILES string of the molecule is Cn1nnc(C=O)c1C1CCCCC1. The molecule has 2 rings (SSSR count). The zero-order valence-electron chi connectivity index (χ0n) is 8.44. The van der Waals surface area contributed by atoms with Crippen molar-refractivity contribution in [3.05, 3.63) is 11.4 Å². The summed E-state index contributed by atoms with van der Waals surface area (Å²) in [6.07, 6.45) is 6.99. The highest BCUT2D eigenvalue weighted by atomic mass is 16.1. The molecular weight excluding hydrogens is 178 g/mol. The maximum absolute atomic E-state index is 10.8. The number of aldehydes is 1. The second-order valence-corrected chi connectivity index (χ2v) is 3.94. The van der Waals surface area contributed by atoms with Gasteiger partial charge in [0.05, 0.1) is 5.69 Å². The fourth-order valence-electron chi connectivity index (χ4n) is 2.31. The second-order valence-electron chi connectivity index (χ2n) is 3.94. The molecule has 1 aliphatic rings. The van der Waals surface area contributed by atoms with Gasteiger partial charge in [0.15, 0.2) is 6.29 Å². The number of rotatable bonds is 2. The van der Waals surface area contributed by atoms with Crippen molar-refractivity contribution in [2.75, 3.05) is 0 Å². The Balaban J connectivity index is 2.28. The average Bonchev–Trinajstić information content (AvgIpc) is 2.61. The smallest absolute Gasteiger partial charge is 0.172 e. The van der Waals surface area contributed by atoms with Crippen LogP contribution in [0.3, 0.4) is 0 Å². The topological polar surface area (TPSA) is 47.8 Å². The van der Waals surface area contributed by atoms with Gasteiger partial charge in [-0.05, 0) is 12.8 Å². The van der Waals surface area contributed by atoms with Crippen LogP contribution in [0.1, 0.15) is 54.2 Å². The highest BCUT2D eigenvalue weighted by molar-refractivity contribution is 5.73. The lowest BCUT2D eigenvalue weighted by atomic mass is 9.86. The quantitative estimate of drug-likeness (QED) is 0.671. The van der Waals surface area contributed by atoms with Crippen molar-refractivity contribution in [2.24, 2.45) is 7.05 Å². The highest BCUT2D eigenvalue weighted by Gasteiger charge is 2.22. The van der Waals surface area contributed by atoms with Crippen LogP contribution in [-0.2, 0) is 7.05 Å². The summed E-state index contributed by atoms with van der Waals surface area (Å²) in [7, 11) is 1.87. The predicted octanol–water partition coefficient (Wildman–Crippen LogP) is 1.68. The van der Waals surface area contributed by atoms with Crippen LogP contribution in [0.25, 0.3) is 0 Å². The maximum Gasteiger partial charge on any atom is 0.172 e. The van der Waals surface area contributed by atoms with Gasteiger partial charge in [-0.1, -0.05) is 24.5 Å². The summed E-state index contributed by atoms with van der Waals surface area (Å²) in [6, 6.07) is 0. The van der Waals surface area contributed by atoms with Crippen LogP contribution in [0.2, 0.25) is 0 Å². The van der Waals surface area contributed by atoms with Gasteiger partial charge in [-0.15, -0.1) is 5.10 Å². The third-order valence-corrected chi connectivity index (χ3v) is 3.00. The summed E-state index contributed by atoms with van der Waals surface area (Å²) in [5.41, 5.74) is 1.55. The van der Waals surface area contributed by atoms with Crippen molar-refractivity contribution in [2.45, 2.75) is 38.0 Å². The third kappa shape index (κ3) is 1.56. The summed E-state index contributed by atoms with van der Waals surface area (Å²) < 4.78 is 1.75. The zero-order valence-corrected chi connectivity index (χ0v) is 8.44. The third-order valence-electron chi connectivity index (χ3n) is 3.00. The van der Waals surface area contributed by atoms with Crippen molar-refractivity contribution < 1.29 is 4.79 Å². The van der Waals surface area contributed by atoms with Crippen LogP contribution in [0.15, 0.2) is 0 Å². The summed E-state index contributed by atoms with van der Waals surface area (Å²) in [5, 5.41) is 7.75. The monoisotopic (exact) mass is 193 g/mol. The van der Waals surface area contributed by atoms with Gasteiger partial charge in [-0.2, -0.15) is 0 Å². The summed E-state index contributed by atoms with van der Waals surface area (Å²) in [4.78, 5) is 10.8. The van der Waals surface area contributed by atoms with Crippen LogP contribution in [-0.4, -0.2) is 21.3 Å². The number of aromatic nitrogens is 3. The Morgan fingerprint density at radius 1 is 1.36 bits per heavy atom. The Kier molecular flexibility index (Phi) is 2.61. The van der Waals surface area contributed by atoms with E-state index < -0.39 is 0 Å². The van der Waals surface area contributed by atoms with E-state index in [9.17, 15) is 4.79 Å². The van der Waals surface area contributed by atoms with E-state index >= 15 is 0 Å². The first-order valence-corrected chi connectivity index (χ1v) is 5.17. The fraction of sp³-hybridized carbons (Fsp3) is 0.700. The molecule has 1 saturated carbocycles.